The highest BCUT2D eigenvalue weighted by molar-refractivity contribution is 7.98. The molecule has 0 atom stereocenters. The van der Waals surface area contributed by atoms with Crippen molar-refractivity contribution in [2.45, 2.75) is 10.6 Å². The van der Waals surface area contributed by atoms with Gasteiger partial charge in [-0.15, -0.1) is 23.1 Å². The van der Waals surface area contributed by atoms with Crippen molar-refractivity contribution in [1.82, 2.24) is 9.97 Å². The van der Waals surface area contributed by atoms with Crippen LogP contribution in [0.25, 0.3) is 0 Å². The second-order valence-corrected chi connectivity index (χ2v) is 5.80. The predicted molar refractivity (Wildman–Crippen MR) is 67.9 cm³/mol. The fourth-order valence-corrected chi connectivity index (χ4v) is 3.04. The maximum absolute atomic E-state index is 10.7. The van der Waals surface area contributed by atoms with Gasteiger partial charge in [-0.05, 0) is 12.1 Å². The van der Waals surface area contributed by atoms with E-state index < -0.39 is 5.97 Å². The van der Waals surface area contributed by atoms with Gasteiger partial charge in [-0.25, -0.2) is 14.8 Å². The van der Waals surface area contributed by atoms with E-state index >= 15 is 0 Å². The number of thioether (sulfide) groups is 1. The van der Waals surface area contributed by atoms with E-state index in [0.29, 0.717) is 10.2 Å². The quantitative estimate of drug-likeness (QED) is 0.875. The smallest absolute Gasteiger partial charge is 0.354 e. The molecule has 0 aliphatic carbocycles. The molecule has 17 heavy (non-hydrogen) atoms. The fourth-order valence-electron chi connectivity index (χ4n) is 1.12. The van der Waals surface area contributed by atoms with E-state index in [0.717, 1.165) is 9.77 Å². The van der Waals surface area contributed by atoms with Crippen molar-refractivity contribution in [2.75, 3.05) is 0 Å². The molecule has 0 fully saturated rings. The van der Waals surface area contributed by atoms with Crippen LogP contribution in [0.15, 0.2) is 29.4 Å². The van der Waals surface area contributed by atoms with Gasteiger partial charge < -0.3 is 5.11 Å². The first-order chi connectivity index (χ1) is 8.15. The monoisotopic (exact) mass is 286 g/mol. The number of carboxylic acid groups (broad SMARTS) is 1. The predicted octanol–water partition coefficient (Wildman–Crippen LogP) is 3.18. The molecule has 0 aliphatic rings. The van der Waals surface area contributed by atoms with Crippen molar-refractivity contribution >= 4 is 40.7 Å². The summed E-state index contributed by atoms with van der Waals surface area (Å²) in [5, 5.41) is 8.80. The van der Waals surface area contributed by atoms with E-state index in [1.165, 1.54) is 29.3 Å². The van der Waals surface area contributed by atoms with Crippen LogP contribution in [0.1, 0.15) is 15.4 Å². The molecule has 4 nitrogen and oxygen atoms in total. The molecule has 0 aliphatic heterocycles. The van der Waals surface area contributed by atoms with Crippen LogP contribution in [-0.4, -0.2) is 21.0 Å². The Kier molecular flexibility index (Phi) is 3.98. The first-order valence-electron chi connectivity index (χ1n) is 4.57. The van der Waals surface area contributed by atoms with Gasteiger partial charge in [0, 0.05) is 27.9 Å². The maximum atomic E-state index is 10.7. The highest BCUT2D eigenvalue weighted by atomic mass is 35.5. The third kappa shape index (κ3) is 3.42. The lowest BCUT2D eigenvalue weighted by Crippen LogP contribution is -1.99. The van der Waals surface area contributed by atoms with Gasteiger partial charge in [-0.1, -0.05) is 11.6 Å². The van der Waals surface area contributed by atoms with Crippen LogP contribution in [0.5, 0.6) is 0 Å². The molecule has 0 bridgehead atoms. The van der Waals surface area contributed by atoms with Crippen molar-refractivity contribution in [1.29, 1.82) is 0 Å². The van der Waals surface area contributed by atoms with Gasteiger partial charge in [0.1, 0.15) is 5.69 Å². The van der Waals surface area contributed by atoms with Crippen molar-refractivity contribution in [3.63, 3.8) is 0 Å². The van der Waals surface area contributed by atoms with Crippen LogP contribution in [0, 0.1) is 0 Å². The SMILES string of the molecule is O=C(O)c1cc(SCc2cnc(Cl)s2)ccn1. The standard InChI is InChI=1S/C10H7ClN2O2S2/c11-10-13-4-7(17-10)5-16-6-1-2-12-8(3-6)9(14)15/h1-4H,5H2,(H,14,15). The lowest BCUT2D eigenvalue weighted by molar-refractivity contribution is 0.0690. The zero-order valence-corrected chi connectivity index (χ0v) is 10.8. The first-order valence-corrected chi connectivity index (χ1v) is 6.75. The zero-order chi connectivity index (χ0) is 12.3. The Hall–Kier alpha value is -1.11. The molecule has 7 heteroatoms. The normalized spacial score (nSPS) is 10.4. The molecule has 0 unspecified atom stereocenters. The number of aromatic nitrogens is 2. The van der Waals surface area contributed by atoms with E-state index in [-0.39, 0.29) is 5.69 Å². The number of nitrogens with zero attached hydrogens (tertiary/aromatic N) is 2. The highest BCUT2D eigenvalue weighted by Crippen LogP contribution is 2.27. The minimum absolute atomic E-state index is 0.0531. The molecule has 0 spiro atoms. The average Bonchev–Trinajstić information content (AvgIpc) is 2.73. The van der Waals surface area contributed by atoms with E-state index in [9.17, 15) is 4.79 Å². The number of halogens is 1. The van der Waals surface area contributed by atoms with Gasteiger partial charge in [-0.3, -0.25) is 0 Å². The fraction of sp³-hybridized carbons (Fsp3) is 0.100. The van der Waals surface area contributed by atoms with Crippen molar-refractivity contribution < 1.29 is 9.90 Å². The number of aromatic carboxylic acids is 1. The Balaban J connectivity index is 2.04. The minimum atomic E-state index is -1.02. The van der Waals surface area contributed by atoms with Gasteiger partial charge >= 0.3 is 5.97 Å². The summed E-state index contributed by atoms with van der Waals surface area (Å²) in [4.78, 5) is 20.3. The molecular formula is C10H7ClN2O2S2. The summed E-state index contributed by atoms with van der Waals surface area (Å²) >= 11 is 8.67. The van der Waals surface area contributed by atoms with Crippen molar-refractivity contribution in [3.05, 3.63) is 39.6 Å². The second kappa shape index (κ2) is 5.48. The van der Waals surface area contributed by atoms with E-state index in [1.807, 2.05) is 0 Å². The number of hydrogen-bond donors (Lipinski definition) is 1. The van der Waals surface area contributed by atoms with Crippen LogP contribution in [0.4, 0.5) is 0 Å². The van der Waals surface area contributed by atoms with Crippen LogP contribution in [-0.2, 0) is 5.75 Å². The Morgan fingerprint density at radius 1 is 1.53 bits per heavy atom. The molecule has 0 amide bonds. The van der Waals surface area contributed by atoms with E-state index in [2.05, 4.69) is 9.97 Å². The topological polar surface area (TPSA) is 63.1 Å². The van der Waals surface area contributed by atoms with Crippen LogP contribution in [0.3, 0.4) is 0 Å². The summed E-state index contributed by atoms with van der Waals surface area (Å²) in [6, 6.07) is 3.33. The summed E-state index contributed by atoms with van der Waals surface area (Å²) in [6.45, 7) is 0. The summed E-state index contributed by atoms with van der Waals surface area (Å²) in [6.07, 6.45) is 3.21. The Bertz CT molecular complexity index is 545. The molecule has 0 radical (unpaired) electrons. The molecule has 2 rings (SSSR count). The van der Waals surface area contributed by atoms with Gasteiger partial charge in [0.05, 0.1) is 0 Å². The third-order valence-corrected chi connectivity index (χ3v) is 4.20. The van der Waals surface area contributed by atoms with Crippen molar-refractivity contribution in [2.24, 2.45) is 0 Å². The number of rotatable bonds is 4. The Morgan fingerprint density at radius 2 is 2.35 bits per heavy atom. The summed E-state index contributed by atoms with van der Waals surface area (Å²) in [5.41, 5.74) is 0.0531. The Labute approximate surface area is 111 Å². The molecule has 0 saturated carbocycles. The second-order valence-electron chi connectivity index (χ2n) is 3.05. The summed E-state index contributed by atoms with van der Waals surface area (Å²) < 4.78 is 0.515. The summed E-state index contributed by atoms with van der Waals surface area (Å²) in [5.74, 6) is -0.304. The number of hydrogen-bond acceptors (Lipinski definition) is 5. The summed E-state index contributed by atoms with van der Waals surface area (Å²) in [7, 11) is 0. The number of carbonyl (C=O) groups is 1. The largest absolute Gasteiger partial charge is 0.477 e. The van der Waals surface area contributed by atoms with Gasteiger partial charge in [0.2, 0.25) is 0 Å². The molecule has 2 aromatic rings. The third-order valence-electron chi connectivity index (χ3n) is 1.86. The number of carboxylic acids is 1. The van der Waals surface area contributed by atoms with Gasteiger partial charge in [-0.2, -0.15) is 0 Å². The van der Waals surface area contributed by atoms with Gasteiger partial charge in [0.15, 0.2) is 4.47 Å². The molecule has 0 aromatic carbocycles. The van der Waals surface area contributed by atoms with Crippen LogP contribution < -0.4 is 0 Å². The first kappa shape index (κ1) is 12.3. The van der Waals surface area contributed by atoms with E-state index in [1.54, 1.807) is 18.3 Å². The lowest BCUT2D eigenvalue weighted by atomic mass is 10.3. The molecule has 88 valence electrons. The lowest BCUT2D eigenvalue weighted by Gasteiger charge is -2.00. The number of thiazole rings is 1. The van der Waals surface area contributed by atoms with Gasteiger partial charge in [0.25, 0.3) is 0 Å². The van der Waals surface area contributed by atoms with Crippen LogP contribution >= 0.6 is 34.7 Å². The maximum Gasteiger partial charge on any atom is 0.354 e. The average molecular weight is 287 g/mol. The molecule has 2 aromatic heterocycles. The molecule has 1 N–H and O–H groups in total. The van der Waals surface area contributed by atoms with Crippen LogP contribution in [0.2, 0.25) is 4.47 Å². The molecular weight excluding hydrogens is 280 g/mol. The highest BCUT2D eigenvalue weighted by Gasteiger charge is 2.06. The zero-order valence-electron chi connectivity index (χ0n) is 8.46. The van der Waals surface area contributed by atoms with Crippen molar-refractivity contribution in [3.8, 4) is 0 Å². The van der Waals surface area contributed by atoms with E-state index in [4.69, 9.17) is 16.7 Å². The minimum Gasteiger partial charge on any atom is -0.477 e. The number of pyridine rings is 1. The molecule has 2 heterocycles. The Morgan fingerprint density at radius 3 is 3.00 bits per heavy atom. The molecule has 0 saturated heterocycles.